The van der Waals surface area contributed by atoms with E-state index in [1.54, 1.807) is 6.21 Å². The van der Waals surface area contributed by atoms with Crippen LogP contribution in [0.4, 0.5) is 5.69 Å². The summed E-state index contributed by atoms with van der Waals surface area (Å²) in [5.74, 6) is 1.38. The third kappa shape index (κ3) is 8.05. The van der Waals surface area contributed by atoms with Crippen molar-refractivity contribution < 1.29 is 9.53 Å². The van der Waals surface area contributed by atoms with Gasteiger partial charge in [-0.1, -0.05) is 52.0 Å². The first kappa shape index (κ1) is 28.1. The maximum Gasteiger partial charge on any atom is 0.250 e. The van der Waals surface area contributed by atoms with Gasteiger partial charge in [0.05, 0.1) is 18.0 Å². The summed E-state index contributed by atoms with van der Waals surface area (Å²) in [6.45, 7) is 2.46. The fraction of sp³-hybridized carbons (Fsp3) is 0.185. The van der Waals surface area contributed by atoms with Crippen molar-refractivity contribution in [2.45, 2.75) is 24.7 Å². The van der Waals surface area contributed by atoms with Crippen LogP contribution in [0.2, 0.25) is 0 Å². The van der Waals surface area contributed by atoms with Gasteiger partial charge in [-0.15, -0.1) is 10.2 Å². The van der Waals surface area contributed by atoms with Crippen LogP contribution in [-0.2, 0) is 18.4 Å². The van der Waals surface area contributed by atoms with Gasteiger partial charge < -0.3 is 14.6 Å². The number of thioether (sulfide) groups is 1. The van der Waals surface area contributed by atoms with E-state index in [9.17, 15) is 4.79 Å². The molecular weight excluding hydrogens is 679 g/mol. The largest absolute Gasteiger partial charge is 0.488 e. The van der Waals surface area contributed by atoms with E-state index in [-0.39, 0.29) is 17.7 Å². The monoisotopic (exact) mass is 704 g/mol. The zero-order chi connectivity index (χ0) is 26.9. The fourth-order valence-corrected chi connectivity index (χ4v) is 4.82. The Morgan fingerprint density at radius 2 is 1.87 bits per heavy atom. The molecule has 0 unspecified atom stereocenters. The lowest BCUT2D eigenvalue weighted by atomic mass is 10.2. The molecule has 1 aromatic heterocycles. The van der Waals surface area contributed by atoms with Crippen molar-refractivity contribution >= 4 is 68.1 Å². The molecule has 3 aromatic carbocycles. The second-order valence-corrected chi connectivity index (χ2v) is 11.4. The number of hydrogen-bond donors (Lipinski definition) is 2. The maximum atomic E-state index is 12.4. The van der Waals surface area contributed by atoms with Gasteiger partial charge in [0.15, 0.2) is 11.0 Å². The average Bonchev–Trinajstić information content (AvgIpc) is 3.29. The van der Waals surface area contributed by atoms with Crippen LogP contribution in [0.25, 0.3) is 0 Å². The quantitative estimate of drug-likeness (QED) is 0.0839. The number of hydrazone groups is 1. The minimum atomic E-state index is -0.242. The van der Waals surface area contributed by atoms with Gasteiger partial charge in [0.25, 0.3) is 5.91 Å². The topological polar surface area (TPSA) is 93.4 Å². The summed E-state index contributed by atoms with van der Waals surface area (Å²) >= 11 is 7.02. The third-order valence-electron chi connectivity index (χ3n) is 5.44. The van der Waals surface area contributed by atoms with Gasteiger partial charge in [-0.2, -0.15) is 5.10 Å². The number of amides is 1. The minimum absolute atomic E-state index is 0.0496. The normalized spacial score (nSPS) is 11.9. The van der Waals surface area contributed by atoms with Crippen molar-refractivity contribution in [1.82, 2.24) is 20.2 Å². The fourth-order valence-electron chi connectivity index (χ4n) is 3.49. The molecule has 196 valence electrons. The van der Waals surface area contributed by atoms with Gasteiger partial charge in [-0.3, -0.25) is 4.79 Å². The standard InChI is InChI=1S/C27H26BrIN6O2S/c1-18(31-23-13-11-22(29)12-14-23)26-33-34-27(35(26)2)38-17-25(36)32-30-15-20-5-3-4-6-24(20)37-16-19-7-9-21(28)10-8-19/h3-15,18,31H,16-17H2,1-2H3,(H,32,36)/t18-/m1/s1. The molecule has 4 aromatic rings. The number of nitrogens with one attached hydrogen (secondary N) is 2. The first-order valence-corrected chi connectivity index (χ1v) is 14.6. The number of rotatable bonds is 11. The first-order chi connectivity index (χ1) is 18.4. The van der Waals surface area contributed by atoms with Crippen molar-refractivity contribution in [3.63, 3.8) is 0 Å². The molecule has 0 fully saturated rings. The summed E-state index contributed by atoms with van der Waals surface area (Å²) in [5, 5.41) is 16.8. The van der Waals surface area contributed by atoms with Crippen LogP contribution >= 0.6 is 50.3 Å². The molecule has 1 heterocycles. The summed E-state index contributed by atoms with van der Waals surface area (Å²) < 4.78 is 10.0. The van der Waals surface area contributed by atoms with Crippen molar-refractivity contribution in [3.8, 4) is 5.75 Å². The van der Waals surface area contributed by atoms with Gasteiger partial charge in [0, 0.05) is 26.3 Å². The number of anilines is 1. The van der Waals surface area contributed by atoms with Crippen LogP contribution < -0.4 is 15.5 Å². The smallest absolute Gasteiger partial charge is 0.250 e. The number of para-hydroxylation sites is 1. The Kier molecular flexibility index (Phi) is 10.2. The van der Waals surface area contributed by atoms with E-state index in [4.69, 9.17) is 4.74 Å². The number of hydrogen-bond acceptors (Lipinski definition) is 7. The highest BCUT2D eigenvalue weighted by atomic mass is 127. The van der Waals surface area contributed by atoms with Crippen molar-refractivity contribution in [2.75, 3.05) is 11.1 Å². The van der Waals surface area contributed by atoms with Crippen molar-refractivity contribution in [3.05, 3.63) is 97.8 Å². The van der Waals surface area contributed by atoms with E-state index >= 15 is 0 Å². The number of aromatic nitrogens is 3. The Morgan fingerprint density at radius 1 is 1.13 bits per heavy atom. The molecule has 0 bridgehead atoms. The number of nitrogens with zero attached hydrogens (tertiary/aromatic N) is 4. The van der Waals surface area contributed by atoms with E-state index in [1.807, 2.05) is 91.3 Å². The van der Waals surface area contributed by atoms with E-state index in [0.29, 0.717) is 17.5 Å². The number of carbonyl (C=O) groups is 1. The Hall–Kier alpha value is -2.90. The Labute approximate surface area is 247 Å². The highest BCUT2D eigenvalue weighted by Crippen LogP contribution is 2.23. The Morgan fingerprint density at radius 3 is 2.63 bits per heavy atom. The van der Waals surface area contributed by atoms with Crippen LogP contribution in [0.3, 0.4) is 0 Å². The predicted octanol–water partition coefficient (Wildman–Crippen LogP) is 6.18. The van der Waals surface area contributed by atoms with Crippen molar-refractivity contribution in [1.29, 1.82) is 0 Å². The number of ether oxygens (including phenoxy) is 1. The lowest BCUT2D eigenvalue weighted by Gasteiger charge is -2.14. The van der Waals surface area contributed by atoms with Gasteiger partial charge in [-0.25, -0.2) is 5.43 Å². The number of carbonyl (C=O) groups excluding carboxylic acids is 1. The van der Waals surface area contributed by atoms with E-state index < -0.39 is 0 Å². The molecule has 0 saturated heterocycles. The van der Waals surface area contributed by atoms with Gasteiger partial charge in [0.2, 0.25) is 0 Å². The Balaban J connectivity index is 1.27. The second kappa shape index (κ2) is 13.8. The highest BCUT2D eigenvalue weighted by Gasteiger charge is 2.16. The molecule has 0 aliphatic rings. The lowest BCUT2D eigenvalue weighted by molar-refractivity contribution is -0.118. The zero-order valence-corrected chi connectivity index (χ0v) is 25.3. The van der Waals surface area contributed by atoms with E-state index in [1.165, 1.54) is 15.3 Å². The zero-order valence-electron chi connectivity index (χ0n) is 20.8. The van der Waals surface area contributed by atoms with E-state index in [0.717, 1.165) is 27.1 Å². The summed E-state index contributed by atoms with van der Waals surface area (Å²) in [7, 11) is 1.89. The van der Waals surface area contributed by atoms with Gasteiger partial charge in [0.1, 0.15) is 12.4 Å². The van der Waals surface area contributed by atoms with E-state index in [2.05, 4.69) is 64.6 Å². The van der Waals surface area contributed by atoms with Crippen LogP contribution in [0.5, 0.6) is 5.75 Å². The van der Waals surface area contributed by atoms with Crippen LogP contribution in [0, 0.1) is 3.57 Å². The third-order valence-corrected chi connectivity index (χ3v) is 7.70. The summed E-state index contributed by atoms with van der Waals surface area (Å²) in [5.41, 5.74) is 5.40. The molecule has 0 aliphatic carbocycles. The van der Waals surface area contributed by atoms with Crippen molar-refractivity contribution in [2.24, 2.45) is 12.1 Å². The number of halogens is 2. The highest BCUT2D eigenvalue weighted by molar-refractivity contribution is 14.1. The minimum Gasteiger partial charge on any atom is -0.488 e. The first-order valence-electron chi connectivity index (χ1n) is 11.7. The molecule has 0 saturated carbocycles. The molecule has 8 nitrogen and oxygen atoms in total. The molecule has 0 radical (unpaired) electrons. The summed E-state index contributed by atoms with van der Waals surface area (Å²) in [4.78, 5) is 12.4. The molecule has 0 spiro atoms. The molecule has 0 aliphatic heterocycles. The van der Waals surface area contributed by atoms with Crippen LogP contribution in [0.15, 0.2) is 87.5 Å². The van der Waals surface area contributed by atoms with Crippen LogP contribution in [-0.4, -0.2) is 32.6 Å². The second-order valence-electron chi connectivity index (χ2n) is 8.31. The molecule has 4 rings (SSSR count). The molecule has 2 N–H and O–H groups in total. The number of benzene rings is 3. The molecule has 1 atom stereocenters. The van der Waals surface area contributed by atoms with Gasteiger partial charge in [-0.05, 0) is 83.6 Å². The average molecular weight is 705 g/mol. The molecule has 11 heteroatoms. The summed E-state index contributed by atoms with van der Waals surface area (Å²) in [6, 6.07) is 23.6. The predicted molar refractivity (Wildman–Crippen MR) is 164 cm³/mol. The summed E-state index contributed by atoms with van der Waals surface area (Å²) in [6.07, 6.45) is 1.58. The lowest BCUT2D eigenvalue weighted by Crippen LogP contribution is -2.20. The maximum absolute atomic E-state index is 12.4. The molecule has 38 heavy (non-hydrogen) atoms. The van der Waals surface area contributed by atoms with Crippen LogP contribution in [0.1, 0.15) is 29.9 Å². The molecular formula is C27H26BrIN6O2S. The van der Waals surface area contributed by atoms with Gasteiger partial charge >= 0.3 is 0 Å². The Bertz CT molecular complexity index is 1400. The molecule has 1 amide bonds. The SMILES string of the molecule is C[C@@H](Nc1ccc(I)cc1)c1nnc(SCC(=O)NN=Cc2ccccc2OCc2ccc(Br)cc2)n1C.